The molecule has 0 radical (unpaired) electrons. The number of amides is 3. The Hall–Kier alpha value is -4.97. The predicted octanol–water partition coefficient (Wildman–Crippen LogP) is 4.50. The molecule has 3 amide bonds. The van der Waals surface area contributed by atoms with Crippen molar-refractivity contribution in [2.24, 2.45) is 0 Å². The topological polar surface area (TPSA) is 129 Å². The maximum Gasteiger partial charge on any atom is 0.319 e. The lowest BCUT2D eigenvalue weighted by Gasteiger charge is -2.17. The number of hydrogen-bond donors (Lipinski definition) is 3. The molecule has 0 atom stereocenters. The van der Waals surface area contributed by atoms with Crippen molar-refractivity contribution in [2.75, 3.05) is 17.7 Å². The van der Waals surface area contributed by atoms with Crippen molar-refractivity contribution < 1.29 is 9.59 Å². The van der Waals surface area contributed by atoms with Crippen molar-refractivity contribution in [1.82, 2.24) is 14.9 Å². The highest BCUT2D eigenvalue weighted by molar-refractivity contribution is 6.04. The van der Waals surface area contributed by atoms with Gasteiger partial charge in [0.15, 0.2) is 0 Å². The number of rotatable bonds is 5. The summed E-state index contributed by atoms with van der Waals surface area (Å²) in [5.41, 5.74) is 2.76. The molecule has 0 saturated heterocycles. The van der Waals surface area contributed by atoms with E-state index in [2.05, 4.69) is 27.0 Å². The van der Waals surface area contributed by atoms with E-state index in [0.29, 0.717) is 33.5 Å². The van der Waals surface area contributed by atoms with Crippen LogP contribution < -0.4 is 21.5 Å². The van der Waals surface area contributed by atoms with Gasteiger partial charge in [0, 0.05) is 18.3 Å². The fourth-order valence-electron chi connectivity index (χ4n) is 3.87. The van der Waals surface area contributed by atoms with E-state index in [-0.39, 0.29) is 11.5 Å². The second-order valence-corrected chi connectivity index (χ2v) is 9.10. The van der Waals surface area contributed by atoms with Gasteiger partial charge in [-0.05, 0) is 68.3 Å². The molecular formula is C28H26N6O3. The molecule has 0 bridgehead atoms. The summed E-state index contributed by atoms with van der Waals surface area (Å²) in [5.74, 6) is -0.334. The Morgan fingerprint density at radius 1 is 1.03 bits per heavy atom. The molecule has 9 nitrogen and oxygen atoms in total. The van der Waals surface area contributed by atoms with E-state index in [1.54, 1.807) is 68.4 Å². The normalized spacial score (nSPS) is 11.0. The zero-order chi connectivity index (χ0) is 26.7. The number of nitrogens with zero attached hydrogens (tertiary/aromatic N) is 3. The van der Waals surface area contributed by atoms with Crippen LogP contribution in [-0.4, -0.2) is 28.5 Å². The van der Waals surface area contributed by atoms with E-state index in [1.807, 2.05) is 13.0 Å². The first-order chi connectivity index (χ1) is 17.6. The predicted molar refractivity (Wildman–Crippen MR) is 143 cm³/mol. The molecule has 0 saturated carbocycles. The molecule has 3 N–H and O–H groups in total. The minimum atomic E-state index is -0.729. The van der Waals surface area contributed by atoms with Gasteiger partial charge in [0.25, 0.3) is 11.5 Å². The molecule has 4 rings (SSSR count). The van der Waals surface area contributed by atoms with Gasteiger partial charge < -0.3 is 16.0 Å². The first kappa shape index (κ1) is 25.1. The zero-order valence-electron chi connectivity index (χ0n) is 20.9. The molecule has 186 valence electrons. The number of nitrogens with one attached hydrogen (secondary N) is 3. The number of aryl methyl sites for hydroxylation is 1. The van der Waals surface area contributed by atoms with Crippen LogP contribution in [0.15, 0.2) is 71.8 Å². The van der Waals surface area contributed by atoms with Crippen LogP contribution in [-0.2, 0) is 5.41 Å². The Balaban J connectivity index is 1.69. The summed E-state index contributed by atoms with van der Waals surface area (Å²) < 4.78 is 1.41. The molecule has 3 aromatic carbocycles. The standard InChI is InChI=1S/C28H26N6O3/c1-17-11-12-20(32-25(35)18-7-5-8-19(13-18)28(2,3)15-29)14-23(17)34-16-31-24-21(26(34)36)9-6-10-22(24)33-27(37)30-4/h5-14,16H,1-4H3,(H,32,35)(H2,30,33,37). The van der Waals surface area contributed by atoms with Crippen molar-refractivity contribution >= 4 is 34.2 Å². The first-order valence-electron chi connectivity index (χ1n) is 11.6. The molecule has 1 aromatic heterocycles. The number of anilines is 2. The van der Waals surface area contributed by atoms with E-state index in [1.165, 1.54) is 17.9 Å². The summed E-state index contributed by atoms with van der Waals surface area (Å²) in [6.45, 7) is 5.45. The average Bonchev–Trinajstić information content (AvgIpc) is 2.90. The van der Waals surface area contributed by atoms with E-state index in [9.17, 15) is 19.6 Å². The number of benzene rings is 3. The highest BCUT2D eigenvalue weighted by Crippen LogP contribution is 2.25. The van der Waals surface area contributed by atoms with Gasteiger partial charge in [0.05, 0.1) is 28.2 Å². The minimum Gasteiger partial charge on any atom is -0.341 e. The van der Waals surface area contributed by atoms with Crippen LogP contribution in [0, 0.1) is 18.3 Å². The Morgan fingerprint density at radius 3 is 2.51 bits per heavy atom. The molecule has 0 aliphatic carbocycles. The first-order valence-corrected chi connectivity index (χ1v) is 11.6. The van der Waals surface area contributed by atoms with Crippen LogP contribution in [0.1, 0.15) is 35.3 Å². The number of aromatic nitrogens is 2. The van der Waals surface area contributed by atoms with Gasteiger partial charge in [0.1, 0.15) is 11.8 Å². The Morgan fingerprint density at radius 2 is 1.78 bits per heavy atom. The Labute approximate surface area is 213 Å². The summed E-state index contributed by atoms with van der Waals surface area (Å²) >= 11 is 0. The van der Waals surface area contributed by atoms with Crippen LogP contribution in [0.5, 0.6) is 0 Å². The van der Waals surface area contributed by atoms with E-state index >= 15 is 0 Å². The maximum absolute atomic E-state index is 13.4. The lowest BCUT2D eigenvalue weighted by molar-refractivity contribution is 0.102. The molecule has 0 unspecified atom stereocenters. The molecule has 0 aliphatic heterocycles. The SMILES string of the molecule is CNC(=O)Nc1cccc2c(=O)n(-c3cc(NC(=O)c4cccc(C(C)(C)C#N)c4)ccc3C)cnc12. The van der Waals surface area contributed by atoms with Gasteiger partial charge in [-0.3, -0.25) is 14.2 Å². The summed E-state index contributed by atoms with van der Waals surface area (Å²) in [6.07, 6.45) is 1.40. The number of carbonyl (C=O) groups is 2. The van der Waals surface area contributed by atoms with Crippen molar-refractivity contribution in [3.63, 3.8) is 0 Å². The fraction of sp³-hybridized carbons (Fsp3) is 0.179. The lowest BCUT2D eigenvalue weighted by atomic mass is 9.85. The number of urea groups is 1. The monoisotopic (exact) mass is 494 g/mol. The number of carbonyl (C=O) groups excluding carboxylic acids is 2. The second-order valence-electron chi connectivity index (χ2n) is 9.10. The van der Waals surface area contributed by atoms with Crippen LogP contribution >= 0.6 is 0 Å². The van der Waals surface area contributed by atoms with E-state index in [0.717, 1.165) is 11.1 Å². The maximum atomic E-state index is 13.4. The smallest absolute Gasteiger partial charge is 0.319 e. The van der Waals surface area contributed by atoms with Gasteiger partial charge >= 0.3 is 6.03 Å². The molecule has 0 fully saturated rings. The molecule has 4 aromatic rings. The molecule has 1 heterocycles. The van der Waals surface area contributed by atoms with Crippen molar-refractivity contribution in [3.8, 4) is 11.8 Å². The van der Waals surface area contributed by atoms with Gasteiger partial charge in [-0.15, -0.1) is 0 Å². The number of para-hydroxylation sites is 1. The van der Waals surface area contributed by atoms with Gasteiger partial charge in [0.2, 0.25) is 0 Å². The van der Waals surface area contributed by atoms with Crippen molar-refractivity contribution in [1.29, 1.82) is 5.26 Å². The van der Waals surface area contributed by atoms with Gasteiger partial charge in [-0.2, -0.15) is 5.26 Å². The molecule has 0 aliphatic rings. The molecular weight excluding hydrogens is 468 g/mol. The summed E-state index contributed by atoms with van der Waals surface area (Å²) in [4.78, 5) is 42.6. The average molecular weight is 495 g/mol. The number of nitriles is 1. The summed E-state index contributed by atoms with van der Waals surface area (Å²) in [7, 11) is 1.50. The second kappa shape index (κ2) is 9.95. The van der Waals surface area contributed by atoms with Crippen molar-refractivity contribution in [2.45, 2.75) is 26.2 Å². The highest BCUT2D eigenvalue weighted by Gasteiger charge is 2.21. The summed E-state index contributed by atoms with van der Waals surface area (Å²) in [5, 5.41) is 17.8. The van der Waals surface area contributed by atoms with Crippen molar-refractivity contribution in [3.05, 3.63) is 94.0 Å². The quantitative estimate of drug-likeness (QED) is 0.376. The third-order valence-electron chi connectivity index (χ3n) is 6.12. The fourth-order valence-corrected chi connectivity index (χ4v) is 3.87. The van der Waals surface area contributed by atoms with Gasteiger partial charge in [-0.1, -0.05) is 24.3 Å². The van der Waals surface area contributed by atoms with Crippen LogP contribution in [0.3, 0.4) is 0 Å². The molecule has 9 heteroatoms. The third-order valence-corrected chi connectivity index (χ3v) is 6.12. The van der Waals surface area contributed by atoms with E-state index in [4.69, 9.17) is 0 Å². The largest absolute Gasteiger partial charge is 0.341 e. The van der Waals surface area contributed by atoms with Gasteiger partial charge in [-0.25, -0.2) is 9.78 Å². The number of hydrogen-bond acceptors (Lipinski definition) is 5. The molecule has 37 heavy (non-hydrogen) atoms. The molecule has 0 spiro atoms. The minimum absolute atomic E-state index is 0.316. The lowest BCUT2D eigenvalue weighted by Crippen LogP contribution is -2.25. The highest BCUT2D eigenvalue weighted by atomic mass is 16.2. The van der Waals surface area contributed by atoms with Crippen LogP contribution in [0.4, 0.5) is 16.2 Å². The number of fused-ring (bicyclic) bond motifs is 1. The van der Waals surface area contributed by atoms with E-state index < -0.39 is 11.4 Å². The van der Waals surface area contributed by atoms with Crippen LogP contribution in [0.25, 0.3) is 16.6 Å². The Kier molecular flexibility index (Phi) is 6.76. The van der Waals surface area contributed by atoms with Crippen LogP contribution in [0.2, 0.25) is 0 Å². The Bertz CT molecular complexity index is 1630. The summed E-state index contributed by atoms with van der Waals surface area (Å²) in [6, 6.07) is 19.0. The third kappa shape index (κ3) is 5.04. The zero-order valence-corrected chi connectivity index (χ0v) is 20.9.